The van der Waals surface area contributed by atoms with Crippen LogP contribution in [0.25, 0.3) is 6.08 Å². The smallest absolute Gasteiger partial charge is 0.437 e. The average Bonchev–Trinajstić information content (AvgIpc) is 2.28. The molecule has 0 aliphatic rings. The van der Waals surface area contributed by atoms with Crippen molar-refractivity contribution in [2.24, 2.45) is 0 Å². The summed E-state index contributed by atoms with van der Waals surface area (Å²) in [6, 6.07) is 6.51. The third-order valence-electron chi connectivity index (χ3n) is 1.65. The highest BCUT2D eigenvalue weighted by molar-refractivity contribution is 6.66. The van der Waals surface area contributed by atoms with Crippen LogP contribution < -0.4 is 4.74 Å². The van der Waals surface area contributed by atoms with Crippen LogP contribution in [0.3, 0.4) is 0 Å². The minimum atomic E-state index is -0.778. The van der Waals surface area contributed by atoms with Crippen molar-refractivity contribution in [3.05, 3.63) is 35.9 Å². The van der Waals surface area contributed by atoms with Gasteiger partial charge in [0, 0.05) is 0 Å². The van der Waals surface area contributed by atoms with Crippen LogP contribution in [-0.4, -0.2) is 18.5 Å². The van der Waals surface area contributed by atoms with Gasteiger partial charge in [-0.05, 0) is 35.4 Å². The summed E-state index contributed by atoms with van der Waals surface area (Å²) in [5.41, 5.74) is 0.770. The van der Waals surface area contributed by atoms with Gasteiger partial charge in [0.2, 0.25) is 5.24 Å². The van der Waals surface area contributed by atoms with E-state index < -0.39 is 11.4 Å². The monoisotopic (exact) mass is 240 g/mol. The predicted octanol–water partition coefficient (Wildman–Crippen LogP) is 2.61. The van der Waals surface area contributed by atoms with Crippen molar-refractivity contribution in [1.82, 2.24) is 0 Å². The van der Waals surface area contributed by atoms with E-state index in [0.717, 1.165) is 5.56 Å². The molecule has 0 saturated heterocycles. The lowest BCUT2D eigenvalue weighted by atomic mass is 10.2. The number of hydrogen-bond acceptors (Lipinski definition) is 4. The highest BCUT2D eigenvalue weighted by atomic mass is 35.5. The lowest BCUT2D eigenvalue weighted by molar-refractivity contribution is -0.107. The van der Waals surface area contributed by atoms with E-state index in [4.69, 9.17) is 16.3 Å². The number of ether oxygens (including phenoxy) is 2. The number of carbonyl (C=O) groups excluding carboxylic acids is 2. The Morgan fingerprint density at radius 2 is 1.88 bits per heavy atom. The molecule has 0 amide bonds. The molecule has 0 spiro atoms. The maximum atomic E-state index is 10.8. The second kappa shape index (κ2) is 5.92. The number of benzene rings is 1. The van der Waals surface area contributed by atoms with Crippen molar-refractivity contribution in [3.63, 3.8) is 0 Å². The van der Waals surface area contributed by atoms with Gasteiger partial charge in [0.1, 0.15) is 5.75 Å². The number of allylic oxidation sites excluding steroid dienone is 1. The zero-order chi connectivity index (χ0) is 12.0. The Bertz CT molecular complexity index is 408. The zero-order valence-electron chi connectivity index (χ0n) is 8.48. The van der Waals surface area contributed by atoms with Gasteiger partial charge in [0.25, 0.3) is 0 Å². The standard InChI is InChI=1S/C11H9ClO4/c1-15-11(14)16-9-5-2-8(3-6-9)4-7-10(12)13/h2-7H,1H3. The van der Waals surface area contributed by atoms with E-state index in [1.165, 1.54) is 13.2 Å². The SMILES string of the molecule is COC(=O)Oc1ccc(C=CC(=O)Cl)cc1. The van der Waals surface area contributed by atoms with Crippen LogP contribution in [0, 0.1) is 0 Å². The molecule has 5 heteroatoms. The van der Waals surface area contributed by atoms with Gasteiger partial charge in [-0.25, -0.2) is 4.79 Å². The molecule has 0 N–H and O–H groups in total. The minimum absolute atomic E-state index is 0.362. The second-order valence-corrected chi connectivity index (χ2v) is 3.14. The number of halogens is 1. The summed E-state index contributed by atoms with van der Waals surface area (Å²) in [5.74, 6) is 0.362. The topological polar surface area (TPSA) is 52.6 Å². The number of rotatable bonds is 3. The van der Waals surface area contributed by atoms with Gasteiger partial charge in [-0.1, -0.05) is 18.2 Å². The summed E-state index contributed by atoms with van der Waals surface area (Å²) in [7, 11) is 1.23. The molecule has 16 heavy (non-hydrogen) atoms. The largest absolute Gasteiger partial charge is 0.513 e. The fourth-order valence-electron chi connectivity index (χ4n) is 0.947. The molecule has 0 fully saturated rings. The first-order valence-electron chi connectivity index (χ1n) is 4.35. The van der Waals surface area contributed by atoms with Gasteiger partial charge in [-0.3, -0.25) is 4.79 Å². The molecule has 0 atom stereocenters. The molecule has 1 aromatic carbocycles. The summed E-state index contributed by atoms with van der Waals surface area (Å²) < 4.78 is 9.09. The number of hydrogen-bond donors (Lipinski definition) is 0. The Labute approximate surface area is 97.4 Å². The van der Waals surface area contributed by atoms with E-state index in [9.17, 15) is 9.59 Å². The molecule has 4 nitrogen and oxygen atoms in total. The minimum Gasteiger partial charge on any atom is -0.437 e. The fourth-order valence-corrected chi connectivity index (χ4v) is 1.01. The van der Waals surface area contributed by atoms with Crippen molar-refractivity contribution in [2.75, 3.05) is 7.11 Å². The molecule has 1 rings (SSSR count). The van der Waals surface area contributed by atoms with Gasteiger partial charge in [0.15, 0.2) is 0 Å². The van der Waals surface area contributed by atoms with E-state index in [1.807, 2.05) is 0 Å². The maximum Gasteiger partial charge on any atom is 0.513 e. The van der Waals surface area contributed by atoms with E-state index in [0.29, 0.717) is 5.75 Å². The van der Waals surface area contributed by atoms with E-state index >= 15 is 0 Å². The highest BCUT2D eigenvalue weighted by Crippen LogP contribution is 2.13. The third-order valence-corrected chi connectivity index (χ3v) is 1.78. The van der Waals surface area contributed by atoms with Gasteiger partial charge >= 0.3 is 6.16 Å². The lowest BCUT2D eigenvalue weighted by Gasteiger charge is -2.01. The summed E-state index contributed by atoms with van der Waals surface area (Å²) >= 11 is 5.13. The van der Waals surface area contributed by atoms with Crippen LogP contribution in [0.1, 0.15) is 5.56 Å². The Morgan fingerprint density at radius 1 is 1.25 bits per heavy atom. The van der Waals surface area contributed by atoms with Crippen LogP contribution in [0.5, 0.6) is 5.75 Å². The molecule has 0 bridgehead atoms. The normalized spacial score (nSPS) is 10.1. The first kappa shape index (κ1) is 12.3. The molecule has 0 heterocycles. The Morgan fingerprint density at radius 3 is 2.38 bits per heavy atom. The summed E-state index contributed by atoms with van der Waals surface area (Å²) in [6.07, 6.45) is 2.01. The molecule has 0 aliphatic heterocycles. The van der Waals surface area contributed by atoms with Gasteiger partial charge in [-0.2, -0.15) is 0 Å². The maximum absolute atomic E-state index is 10.8. The van der Waals surface area contributed by atoms with Crippen molar-refractivity contribution in [2.45, 2.75) is 0 Å². The predicted molar refractivity (Wildman–Crippen MR) is 59.4 cm³/mol. The zero-order valence-corrected chi connectivity index (χ0v) is 9.23. The van der Waals surface area contributed by atoms with Gasteiger partial charge in [-0.15, -0.1) is 0 Å². The van der Waals surface area contributed by atoms with Crippen molar-refractivity contribution in [1.29, 1.82) is 0 Å². The Balaban J connectivity index is 2.68. The summed E-state index contributed by atoms with van der Waals surface area (Å²) in [4.78, 5) is 21.2. The Hall–Kier alpha value is -1.81. The molecule has 0 saturated carbocycles. The average molecular weight is 241 g/mol. The van der Waals surface area contributed by atoms with Gasteiger partial charge in [0.05, 0.1) is 7.11 Å². The third kappa shape index (κ3) is 4.14. The van der Waals surface area contributed by atoms with Crippen LogP contribution in [-0.2, 0) is 9.53 Å². The first-order valence-corrected chi connectivity index (χ1v) is 4.73. The van der Waals surface area contributed by atoms with E-state index in [-0.39, 0.29) is 0 Å². The molecule has 0 radical (unpaired) electrons. The molecule has 1 aromatic rings. The van der Waals surface area contributed by atoms with E-state index in [2.05, 4.69) is 4.74 Å². The van der Waals surface area contributed by atoms with Crippen molar-refractivity contribution >= 4 is 29.1 Å². The van der Waals surface area contributed by atoms with Crippen LogP contribution in [0.4, 0.5) is 4.79 Å². The van der Waals surface area contributed by atoms with Crippen molar-refractivity contribution < 1.29 is 19.1 Å². The molecular weight excluding hydrogens is 232 g/mol. The fraction of sp³-hybridized carbons (Fsp3) is 0.0909. The second-order valence-electron chi connectivity index (χ2n) is 2.76. The molecule has 0 aliphatic carbocycles. The highest BCUT2D eigenvalue weighted by Gasteiger charge is 2.02. The van der Waals surface area contributed by atoms with Crippen LogP contribution in [0.2, 0.25) is 0 Å². The summed E-state index contributed by atoms with van der Waals surface area (Å²) in [5, 5.41) is -0.546. The van der Waals surface area contributed by atoms with Crippen LogP contribution >= 0.6 is 11.6 Å². The number of methoxy groups -OCH3 is 1. The van der Waals surface area contributed by atoms with Gasteiger partial charge < -0.3 is 9.47 Å². The quantitative estimate of drug-likeness (QED) is 0.353. The summed E-state index contributed by atoms with van der Waals surface area (Å²) in [6.45, 7) is 0. The molecule has 84 valence electrons. The van der Waals surface area contributed by atoms with E-state index in [1.54, 1.807) is 30.3 Å². The lowest BCUT2D eigenvalue weighted by Crippen LogP contribution is -2.06. The molecule has 0 unspecified atom stereocenters. The van der Waals surface area contributed by atoms with Crippen LogP contribution in [0.15, 0.2) is 30.3 Å². The molecular formula is C11H9ClO4. The Kier molecular flexibility index (Phi) is 4.54. The number of carbonyl (C=O) groups is 2. The molecule has 0 aromatic heterocycles. The van der Waals surface area contributed by atoms with Crippen molar-refractivity contribution in [3.8, 4) is 5.75 Å². The first-order chi connectivity index (χ1) is 7.61.